The van der Waals surface area contributed by atoms with Crippen LogP contribution < -0.4 is 11.1 Å². The van der Waals surface area contributed by atoms with Gasteiger partial charge in [0.1, 0.15) is 0 Å². The summed E-state index contributed by atoms with van der Waals surface area (Å²) in [6.07, 6.45) is 9.47. The van der Waals surface area contributed by atoms with Gasteiger partial charge in [0, 0.05) is 11.3 Å². The highest BCUT2D eigenvalue weighted by Gasteiger charge is 2.21. The van der Waals surface area contributed by atoms with Crippen LogP contribution >= 0.6 is 11.3 Å². The fourth-order valence-corrected chi connectivity index (χ4v) is 3.95. The Bertz CT molecular complexity index is 458. The van der Waals surface area contributed by atoms with E-state index in [4.69, 9.17) is 5.73 Å². The fourth-order valence-electron chi connectivity index (χ4n) is 2.81. The first-order valence-electron chi connectivity index (χ1n) is 8.21. The fraction of sp³-hybridized carbons (Fsp3) is 0.750. The van der Waals surface area contributed by atoms with Crippen LogP contribution in [0.4, 0.5) is 5.13 Å². The zero-order valence-corrected chi connectivity index (χ0v) is 13.8. The van der Waals surface area contributed by atoms with Crippen LogP contribution in [0.1, 0.15) is 62.4 Å². The first-order chi connectivity index (χ1) is 10.2. The number of nitrogens with zero attached hydrogens (tertiary/aromatic N) is 1. The maximum Gasteiger partial charge on any atom is 0.226 e. The molecular weight excluding hydrogens is 282 g/mol. The maximum absolute atomic E-state index is 11.9. The van der Waals surface area contributed by atoms with Gasteiger partial charge >= 0.3 is 0 Å². The van der Waals surface area contributed by atoms with Gasteiger partial charge < -0.3 is 11.1 Å². The molecule has 1 aliphatic carbocycles. The van der Waals surface area contributed by atoms with Crippen LogP contribution in [0.2, 0.25) is 0 Å². The molecule has 0 aromatic carbocycles. The number of aromatic nitrogens is 1. The number of aryl methyl sites for hydroxylation is 1. The summed E-state index contributed by atoms with van der Waals surface area (Å²) in [4.78, 5) is 17.9. The topological polar surface area (TPSA) is 68.0 Å². The lowest BCUT2D eigenvalue weighted by molar-refractivity contribution is -0.116. The Morgan fingerprint density at radius 2 is 2.19 bits per heavy atom. The Balaban J connectivity index is 1.76. The van der Waals surface area contributed by atoms with E-state index in [2.05, 4.69) is 17.2 Å². The lowest BCUT2D eigenvalue weighted by Crippen LogP contribution is -2.12. The second-order valence-corrected chi connectivity index (χ2v) is 6.99. The summed E-state index contributed by atoms with van der Waals surface area (Å²) in [6, 6.07) is 0. The highest BCUT2D eigenvalue weighted by atomic mass is 32.1. The second-order valence-electron chi connectivity index (χ2n) is 5.91. The monoisotopic (exact) mass is 309 g/mol. The minimum Gasteiger partial charge on any atom is -0.330 e. The van der Waals surface area contributed by atoms with Crippen molar-refractivity contribution in [3.05, 3.63) is 10.6 Å². The van der Waals surface area contributed by atoms with Crippen LogP contribution in [-0.4, -0.2) is 17.4 Å². The summed E-state index contributed by atoms with van der Waals surface area (Å²) in [7, 11) is 0. The first-order valence-corrected chi connectivity index (χ1v) is 9.03. The summed E-state index contributed by atoms with van der Waals surface area (Å²) >= 11 is 1.67. The number of fused-ring (bicyclic) bond motifs is 1. The molecule has 0 bridgehead atoms. The van der Waals surface area contributed by atoms with E-state index in [9.17, 15) is 4.79 Å². The zero-order chi connectivity index (χ0) is 15.1. The van der Waals surface area contributed by atoms with Crippen molar-refractivity contribution in [2.75, 3.05) is 11.9 Å². The number of amides is 1. The van der Waals surface area contributed by atoms with Crippen molar-refractivity contribution < 1.29 is 4.79 Å². The Morgan fingerprint density at radius 3 is 2.95 bits per heavy atom. The van der Waals surface area contributed by atoms with Crippen molar-refractivity contribution in [2.24, 2.45) is 11.7 Å². The molecule has 0 radical (unpaired) electrons. The average Bonchev–Trinajstić information content (AvgIpc) is 2.87. The van der Waals surface area contributed by atoms with E-state index >= 15 is 0 Å². The number of nitrogens with one attached hydrogen (secondary N) is 1. The molecule has 0 saturated heterocycles. The average molecular weight is 309 g/mol. The van der Waals surface area contributed by atoms with Gasteiger partial charge in [0.25, 0.3) is 0 Å². The molecule has 118 valence electrons. The van der Waals surface area contributed by atoms with Gasteiger partial charge in [-0.1, -0.05) is 26.2 Å². The van der Waals surface area contributed by atoms with Crippen LogP contribution in [0, 0.1) is 5.92 Å². The summed E-state index contributed by atoms with van der Waals surface area (Å²) in [5, 5.41) is 3.76. The van der Waals surface area contributed by atoms with E-state index in [-0.39, 0.29) is 5.91 Å². The number of carbonyl (C=O) groups excluding carboxylic acids is 1. The van der Waals surface area contributed by atoms with Crippen molar-refractivity contribution in [1.29, 1.82) is 0 Å². The van der Waals surface area contributed by atoms with Gasteiger partial charge in [-0.2, -0.15) is 0 Å². The highest BCUT2D eigenvalue weighted by molar-refractivity contribution is 7.15. The lowest BCUT2D eigenvalue weighted by Gasteiger charge is -2.18. The molecule has 1 aliphatic rings. The Kier molecular flexibility index (Phi) is 6.64. The molecule has 0 spiro atoms. The molecular formula is C16H27N3OS. The third-order valence-electron chi connectivity index (χ3n) is 4.22. The molecule has 1 amide bonds. The van der Waals surface area contributed by atoms with Crippen molar-refractivity contribution >= 4 is 22.4 Å². The van der Waals surface area contributed by atoms with Crippen molar-refractivity contribution in [2.45, 2.75) is 64.7 Å². The third kappa shape index (κ3) is 5.08. The van der Waals surface area contributed by atoms with Crippen LogP contribution in [0.3, 0.4) is 0 Å². The minimum atomic E-state index is 0.0980. The van der Waals surface area contributed by atoms with Gasteiger partial charge in [0.2, 0.25) is 5.91 Å². The van der Waals surface area contributed by atoms with Gasteiger partial charge in [-0.05, 0) is 44.6 Å². The smallest absolute Gasteiger partial charge is 0.226 e. The van der Waals surface area contributed by atoms with E-state index in [1.807, 2.05) is 0 Å². The SMILES string of the molecule is CCC1CCc2nc(NC(=O)CCCCCCN)sc2C1. The molecule has 1 aromatic heterocycles. The molecule has 21 heavy (non-hydrogen) atoms. The normalized spacial score (nSPS) is 17.5. The highest BCUT2D eigenvalue weighted by Crippen LogP contribution is 2.33. The molecule has 0 aliphatic heterocycles. The summed E-state index contributed by atoms with van der Waals surface area (Å²) in [5.74, 6) is 0.893. The largest absolute Gasteiger partial charge is 0.330 e. The minimum absolute atomic E-state index is 0.0980. The molecule has 0 saturated carbocycles. The number of rotatable bonds is 8. The van der Waals surface area contributed by atoms with E-state index in [1.54, 1.807) is 11.3 Å². The predicted octanol–water partition coefficient (Wildman–Crippen LogP) is 3.51. The summed E-state index contributed by atoms with van der Waals surface area (Å²) < 4.78 is 0. The van der Waals surface area contributed by atoms with Gasteiger partial charge in [-0.15, -0.1) is 11.3 Å². The molecule has 1 heterocycles. The van der Waals surface area contributed by atoms with E-state index in [1.165, 1.54) is 23.4 Å². The Hall–Kier alpha value is -0.940. The van der Waals surface area contributed by atoms with Gasteiger partial charge in [-0.25, -0.2) is 4.98 Å². The number of nitrogens with two attached hydrogens (primary N) is 1. The molecule has 4 nitrogen and oxygen atoms in total. The predicted molar refractivity (Wildman–Crippen MR) is 88.7 cm³/mol. The standard InChI is InChI=1S/C16H27N3OS/c1-2-12-8-9-13-14(11-12)21-16(18-13)19-15(20)7-5-3-4-6-10-17/h12H,2-11,17H2,1H3,(H,18,19,20). The number of unbranched alkanes of at least 4 members (excludes halogenated alkanes) is 3. The molecule has 1 unspecified atom stereocenters. The van der Waals surface area contributed by atoms with Crippen LogP contribution in [0.5, 0.6) is 0 Å². The number of hydrogen-bond donors (Lipinski definition) is 2. The second kappa shape index (κ2) is 8.49. The molecule has 5 heteroatoms. The number of anilines is 1. The lowest BCUT2D eigenvalue weighted by atomic mass is 9.89. The first kappa shape index (κ1) is 16.4. The van der Waals surface area contributed by atoms with Gasteiger partial charge in [0.15, 0.2) is 5.13 Å². The molecule has 3 N–H and O–H groups in total. The Morgan fingerprint density at radius 1 is 1.38 bits per heavy atom. The van der Waals surface area contributed by atoms with Crippen molar-refractivity contribution in [3.8, 4) is 0 Å². The van der Waals surface area contributed by atoms with E-state index in [0.29, 0.717) is 6.42 Å². The van der Waals surface area contributed by atoms with Crippen molar-refractivity contribution in [3.63, 3.8) is 0 Å². The van der Waals surface area contributed by atoms with Crippen LogP contribution in [-0.2, 0) is 17.6 Å². The quantitative estimate of drug-likeness (QED) is 0.722. The maximum atomic E-state index is 11.9. The summed E-state index contributed by atoms with van der Waals surface area (Å²) in [5.41, 5.74) is 6.67. The third-order valence-corrected chi connectivity index (χ3v) is 5.26. The number of hydrogen-bond acceptors (Lipinski definition) is 4. The van der Waals surface area contributed by atoms with Gasteiger partial charge in [-0.3, -0.25) is 4.79 Å². The Labute approximate surface area is 131 Å². The molecule has 1 aromatic rings. The van der Waals surface area contributed by atoms with E-state index in [0.717, 1.165) is 56.1 Å². The van der Waals surface area contributed by atoms with E-state index < -0.39 is 0 Å². The zero-order valence-electron chi connectivity index (χ0n) is 13.0. The number of thiazole rings is 1. The molecule has 2 rings (SSSR count). The molecule has 1 atom stereocenters. The number of carbonyl (C=O) groups is 1. The van der Waals surface area contributed by atoms with Crippen molar-refractivity contribution in [1.82, 2.24) is 4.98 Å². The van der Waals surface area contributed by atoms with Crippen LogP contribution in [0.25, 0.3) is 0 Å². The van der Waals surface area contributed by atoms with Gasteiger partial charge in [0.05, 0.1) is 5.69 Å². The van der Waals surface area contributed by atoms with Crippen LogP contribution in [0.15, 0.2) is 0 Å². The molecule has 0 fully saturated rings. The summed E-state index contributed by atoms with van der Waals surface area (Å²) in [6.45, 7) is 3.00.